The summed E-state index contributed by atoms with van der Waals surface area (Å²) in [6.07, 6.45) is 5.20. The summed E-state index contributed by atoms with van der Waals surface area (Å²) in [5.74, 6) is 0.750. The summed E-state index contributed by atoms with van der Waals surface area (Å²) in [7, 11) is 0. The lowest BCUT2D eigenvalue weighted by Gasteiger charge is -2.23. The normalized spacial score (nSPS) is 15.3. The number of halogens is 1. The molecule has 2 atom stereocenters. The van der Waals surface area contributed by atoms with Crippen LogP contribution in [0.15, 0.2) is 24.3 Å². The molecule has 0 heterocycles. The zero-order valence-electron chi connectivity index (χ0n) is 13.2. The number of benzene rings is 1. The molecule has 0 fully saturated rings. The quantitative estimate of drug-likeness (QED) is 0.514. The predicted molar refractivity (Wildman–Crippen MR) is 90.1 cm³/mol. The zero-order chi connectivity index (χ0) is 14.5. The number of rotatable bonds is 6. The van der Waals surface area contributed by atoms with Crippen LogP contribution in [0.5, 0.6) is 0 Å². The topological polar surface area (TPSA) is 0 Å². The molecule has 0 aromatic heterocycles. The molecule has 1 rings (SSSR count). The van der Waals surface area contributed by atoms with Crippen molar-refractivity contribution in [2.75, 3.05) is 0 Å². The van der Waals surface area contributed by atoms with E-state index in [-0.39, 0.29) is 5.41 Å². The van der Waals surface area contributed by atoms with Crippen LogP contribution in [-0.4, -0.2) is 0 Å². The van der Waals surface area contributed by atoms with Crippen LogP contribution in [0, 0.1) is 5.92 Å². The lowest BCUT2D eigenvalue weighted by molar-refractivity contribution is 0.446. The number of alkyl halides is 1. The van der Waals surface area contributed by atoms with Crippen LogP contribution in [0.1, 0.15) is 76.3 Å². The molecule has 0 aliphatic carbocycles. The maximum absolute atomic E-state index is 3.92. The molecule has 108 valence electrons. The van der Waals surface area contributed by atoms with Crippen molar-refractivity contribution in [3.05, 3.63) is 35.4 Å². The van der Waals surface area contributed by atoms with E-state index in [1.54, 1.807) is 0 Å². The Balaban J connectivity index is 2.78. The Hall–Kier alpha value is -0.300. The molecule has 0 saturated carbocycles. The number of hydrogen-bond acceptors (Lipinski definition) is 0. The third-order valence-corrected chi connectivity index (χ3v) is 5.24. The van der Waals surface area contributed by atoms with Gasteiger partial charge in [0.2, 0.25) is 0 Å². The predicted octanol–water partition coefficient (Wildman–Crippen LogP) is 6.64. The first-order chi connectivity index (χ1) is 8.90. The fourth-order valence-electron chi connectivity index (χ4n) is 2.46. The van der Waals surface area contributed by atoms with Gasteiger partial charge in [0.15, 0.2) is 0 Å². The summed E-state index contributed by atoms with van der Waals surface area (Å²) in [6.45, 7) is 11.4. The monoisotopic (exact) mass is 324 g/mol. The molecule has 1 heteroatoms. The van der Waals surface area contributed by atoms with E-state index < -0.39 is 0 Å². The summed E-state index contributed by atoms with van der Waals surface area (Å²) in [6, 6.07) is 9.18. The highest BCUT2D eigenvalue weighted by Gasteiger charge is 2.19. The molecular weight excluding hydrogens is 296 g/mol. The second kappa shape index (κ2) is 7.47. The first-order valence-corrected chi connectivity index (χ1v) is 8.56. The van der Waals surface area contributed by atoms with Crippen molar-refractivity contribution in [1.82, 2.24) is 0 Å². The minimum Gasteiger partial charge on any atom is -0.0836 e. The highest BCUT2D eigenvalue weighted by atomic mass is 79.9. The molecule has 0 radical (unpaired) electrons. The van der Waals surface area contributed by atoms with Crippen molar-refractivity contribution < 1.29 is 0 Å². The zero-order valence-corrected chi connectivity index (χ0v) is 14.8. The van der Waals surface area contributed by atoms with E-state index >= 15 is 0 Å². The van der Waals surface area contributed by atoms with E-state index in [2.05, 4.69) is 74.8 Å². The minimum atomic E-state index is 0.243. The van der Waals surface area contributed by atoms with Crippen LogP contribution in [0.4, 0.5) is 0 Å². The Bertz CT molecular complexity index is 358. The van der Waals surface area contributed by atoms with Gasteiger partial charge in [-0.2, -0.15) is 0 Å². The van der Waals surface area contributed by atoms with Gasteiger partial charge in [0.05, 0.1) is 0 Å². The summed E-state index contributed by atoms with van der Waals surface area (Å²) in [4.78, 5) is 0.498. The molecule has 1 aromatic rings. The molecule has 0 aliphatic heterocycles. The molecule has 2 unspecified atom stereocenters. The average Bonchev–Trinajstić information content (AvgIpc) is 2.38. The van der Waals surface area contributed by atoms with Gasteiger partial charge in [-0.25, -0.2) is 0 Å². The Morgan fingerprint density at radius 1 is 1.05 bits per heavy atom. The van der Waals surface area contributed by atoms with E-state index in [0.29, 0.717) is 4.83 Å². The minimum absolute atomic E-state index is 0.243. The number of unbranched alkanes of at least 4 members (excludes halogenated alkanes) is 1. The first kappa shape index (κ1) is 16.8. The Kier molecular flexibility index (Phi) is 6.59. The van der Waals surface area contributed by atoms with Crippen LogP contribution in [-0.2, 0) is 5.41 Å². The maximum atomic E-state index is 3.92. The van der Waals surface area contributed by atoms with E-state index in [9.17, 15) is 0 Å². The summed E-state index contributed by atoms with van der Waals surface area (Å²) < 4.78 is 0. The second-order valence-corrected chi connectivity index (χ2v) is 7.57. The fourth-order valence-corrected chi connectivity index (χ4v) is 3.41. The van der Waals surface area contributed by atoms with Crippen LogP contribution < -0.4 is 0 Å². The standard InChI is InChI=1S/C18H29Br/c1-6-8-9-14(7-2)17(19)15-10-12-16(13-11-15)18(3,4)5/h10-14,17H,6-9H2,1-5H3. The molecule has 0 aliphatic rings. The van der Waals surface area contributed by atoms with Crippen LogP contribution in [0.3, 0.4) is 0 Å². The van der Waals surface area contributed by atoms with Gasteiger partial charge >= 0.3 is 0 Å². The molecule has 0 saturated heterocycles. The van der Waals surface area contributed by atoms with Crippen molar-refractivity contribution >= 4 is 15.9 Å². The van der Waals surface area contributed by atoms with Gasteiger partial charge in [0.1, 0.15) is 0 Å². The van der Waals surface area contributed by atoms with Crippen molar-refractivity contribution in [1.29, 1.82) is 0 Å². The molecule has 1 aromatic carbocycles. The smallest absolute Gasteiger partial charge is 0.0423 e. The van der Waals surface area contributed by atoms with E-state index in [4.69, 9.17) is 0 Å². The Morgan fingerprint density at radius 2 is 1.63 bits per heavy atom. The van der Waals surface area contributed by atoms with Gasteiger partial charge < -0.3 is 0 Å². The SMILES string of the molecule is CCCCC(CC)C(Br)c1ccc(C(C)(C)C)cc1. The molecule has 19 heavy (non-hydrogen) atoms. The van der Waals surface area contributed by atoms with Crippen LogP contribution in [0.2, 0.25) is 0 Å². The van der Waals surface area contributed by atoms with Gasteiger partial charge in [-0.15, -0.1) is 0 Å². The summed E-state index contributed by atoms with van der Waals surface area (Å²) in [5, 5.41) is 0. The van der Waals surface area contributed by atoms with Gasteiger partial charge in [-0.1, -0.05) is 94.1 Å². The van der Waals surface area contributed by atoms with Crippen molar-refractivity contribution in [3.63, 3.8) is 0 Å². The highest BCUT2D eigenvalue weighted by molar-refractivity contribution is 9.09. The second-order valence-electron chi connectivity index (χ2n) is 6.58. The molecule has 0 spiro atoms. The lowest BCUT2D eigenvalue weighted by atomic mass is 9.85. The number of hydrogen-bond donors (Lipinski definition) is 0. The molecule has 0 N–H and O–H groups in total. The van der Waals surface area contributed by atoms with Crippen molar-refractivity contribution in [2.24, 2.45) is 5.92 Å². The Morgan fingerprint density at radius 3 is 2.05 bits per heavy atom. The lowest BCUT2D eigenvalue weighted by Crippen LogP contribution is -2.12. The summed E-state index contributed by atoms with van der Waals surface area (Å²) in [5.41, 5.74) is 3.08. The fraction of sp³-hybridized carbons (Fsp3) is 0.667. The van der Waals surface area contributed by atoms with Gasteiger partial charge in [0.25, 0.3) is 0 Å². The van der Waals surface area contributed by atoms with E-state index in [1.807, 2.05) is 0 Å². The average molecular weight is 325 g/mol. The third kappa shape index (κ3) is 4.95. The van der Waals surface area contributed by atoms with Crippen molar-refractivity contribution in [3.8, 4) is 0 Å². The highest BCUT2D eigenvalue weighted by Crippen LogP contribution is 2.37. The molecular formula is C18H29Br. The van der Waals surface area contributed by atoms with E-state index in [0.717, 1.165) is 5.92 Å². The van der Waals surface area contributed by atoms with Crippen LogP contribution in [0.25, 0.3) is 0 Å². The third-order valence-electron chi connectivity index (χ3n) is 3.96. The van der Waals surface area contributed by atoms with Crippen LogP contribution >= 0.6 is 15.9 Å². The van der Waals surface area contributed by atoms with E-state index in [1.165, 1.54) is 36.8 Å². The van der Waals surface area contributed by atoms with Gasteiger partial charge in [0, 0.05) is 4.83 Å². The largest absolute Gasteiger partial charge is 0.0836 e. The summed E-state index contributed by atoms with van der Waals surface area (Å²) >= 11 is 3.92. The molecule has 0 amide bonds. The molecule has 0 bridgehead atoms. The van der Waals surface area contributed by atoms with Gasteiger partial charge in [-0.3, -0.25) is 0 Å². The maximum Gasteiger partial charge on any atom is 0.0423 e. The molecule has 0 nitrogen and oxygen atoms in total. The first-order valence-electron chi connectivity index (χ1n) is 7.64. The Labute approximate surface area is 128 Å². The van der Waals surface area contributed by atoms with Crippen molar-refractivity contribution in [2.45, 2.75) is 70.5 Å². The van der Waals surface area contributed by atoms with Gasteiger partial charge in [-0.05, 0) is 28.9 Å².